The molecule has 114 valence electrons. The van der Waals surface area contributed by atoms with Gasteiger partial charge in [-0.1, -0.05) is 28.8 Å². The molecule has 5 heteroatoms. The van der Waals surface area contributed by atoms with E-state index in [1.54, 1.807) is 28.1 Å². The van der Waals surface area contributed by atoms with Crippen molar-refractivity contribution in [3.05, 3.63) is 39.9 Å². The Kier molecular flexibility index (Phi) is 4.12. The number of benzene rings is 1. The van der Waals surface area contributed by atoms with Gasteiger partial charge in [-0.25, -0.2) is 8.42 Å². The molecule has 0 aromatic heterocycles. The van der Waals surface area contributed by atoms with Crippen LogP contribution >= 0.6 is 11.6 Å². The van der Waals surface area contributed by atoms with E-state index in [0.717, 1.165) is 18.4 Å². The fraction of sp³-hybridized carbons (Fsp3) is 0.500. The zero-order valence-electron chi connectivity index (χ0n) is 12.2. The third kappa shape index (κ3) is 2.89. The number of sulfonamides is 1. The highest BCUT2D eigenvalue weighted by Crippen LogP contribution is 2.34. The molecule has 0 spiro atoms. The van der Waals surface area contributed by atoms with Crippen LogP contribution in [0.4, 0.5) is 0 Å². The summed E-state index contributed by atoms with van der Waals surface area (Å²) in [5.41, 5.74) is 3.82. The first-order chi connectivity index (χ1) is 9.98. The Balaban J connectivity index is 1.82. The van der Waals surface area contributed by atoms with Gasteiger partial charge in [-0.05, 0) is 56.7 Å². The second-order valence-electron chi connectivity index (χ2n) is 5.87. The van der Waals surface area contributed by atoms with E-state index < -0.39 is 10.0 Å². The van der Waals surface area contributed by atoms with Gasteiger partial charge in [0.1, 0.15) is 0 Å². The second kappa shape index (κ2) is 5.75. The topological polar surface area (TPSA) is 37.4 Å². The van der Waals surface area contributed by atoms with Crippen molar-refractivity contribution in [1.82, 2.24) is 4.31 Å². The smallest absolute Gasteiger partial charge is 0.207 e. The van der Waals surface area contributed by atoms with Gasteiger partial charge in [0.15, 0.2) is 0 Å². The first kappa shape index (κ1) is 15.1. The van der Waals surface area contributed by atoms with Crippen LogP contribution in [0.5, 0.6) is 0 Å². The third-order valence-electron chi connectivity index (χ3n) is 4.55. The molecule has 0 amide bonds. The fourth-order valence-electron chi connectivity index (χ4n) is 3.05. The summed E-state index contributed by atoms with van der Waals surface area (Å²) in [6, 6.07) is 5.05. The van der Waals surface area contributed by atoms with Crippen LogP contribution < -0.4 is 0 Å². The molecule has 0 N–H and O–H groups in total. The molecule has 0 radical (unpaired) electrons. The number of allylic oxidation sites excluding steroid dienone is 1. The first-order valence-electron chi connectivity index (χ1n) is 7.44. The highest BCUT2D eigenvalue weighted by molar-refractivity contribution is 7.89. The maximum atomic E-state index is 12.8. The standard InChI is InChI=1S/C16H20ClNO2S/c1-12-5-6-15(17)11-16(12)21(19,20)18-9-7-14(8-10-18)13-3-2-4-13/h5-6,11H,2-4,7-10H2,1H3. The van der Waals surface area contributed by atoms with Gasteiger partial charge < -0.3 is 0 Å². The van der Waals surface area contributed by atoms with Crippen LogP contribution in [0.3, 0.4) is 0 Å². The van der Waals surface area contributed by atoms with Gasteiger partial charge in [-0.2, -0.15) is 4.31 Å². The summed E-state index contributed by atoms with van der Waals surface area (Å²) in [6.45, 7) is 3.00. The van der Waals surface area contributed by atoms with Crippen molar-refractivity contribution in [2.24, 2.45) is 0 Å². The lowest BCUT2D eigenvalue weighted by Gasteiger charge is -2.31. The van der Waals surface area contributed by atoms with Crippen molar-refractivity contribution in [3.8, 4) is 0 Å². The first-order valence-corrected chi connectivity index (χ1v) is 9.26. The highest BCUT2D eigenvalue weighted by Gasteiger charge is 2.30. The molecule has 21 heavy (non-hydrogen) atoms. The number of nitrogens with zero attached hydrogens (tertiary/aromatic N) is 1. The molecular formula is C16H20ClNO2S. The molecule has 0 atom stereocenters. The molecule has 0 bridgehead atoms. The SMILES string of the molecule is Cc1ccc(Cl)cc1S(=O)(=O)N1CCC(=C2CCC2)CC1. The average Bonchev–Trinajstić information content (AvgIpc) is 2.40. The molecular weight excluding hydrogens is 306 g/mol. The van der Waals surface area contributed by atoms with Crippen LogP contribution in [0.15, 0.2) is 34.2 Å². The number of halogens is 1. The van der Waals surface area contributed by atoms with Gasteiger partial charge in [0.05, 0.1) is 4.90 Å². The average molecular weight is 326 g/mol. The zero-order chi connectivity index (χ0) is 15.0. The molecule has 1 saturated heterocycles. The Labute approximate surface area is 131 Å². The Bertz CT molecular complexity index is 678. The lowest BCUT2D eigenvalue weighted by Crippen LogP contribution is -2.37. The molecule has 3 nitrogen and oxygen atoms in total. The lowest BCUT2D eigenvalue weighted by atomic mass is 9.85. The van der Waals surface area contributed by atoms with Crippen LogP contribution in [0.2, 0.25) is 5.02 Å². The molecule has 2 aliphatic rings. The largest absolute Gasteiger partial charge is 0.243 e. The Morgan fingerprint density at radius 2 is 1.67 bits per heavy atom. The van der Waals surface area contributed by atoms with Crippen molar-refractivity contribution in [2.45, 2.75) is 43.9 Å². The fourth-order valence-corrected chi connectivity index (χ4v) is 4.98. The van der Waals surface area contributed by atoms with E-state index in [9.17, 15) is 8.42 Å². The highest BCUT2D eigenvalue weighted by atomic mass is 35.5. The molecule has 1 aromatic rings. The Hall–Kier alpha value is -0.840. The van der Waals surface area contributed by atoms with Crippen LogP contribution in [0.25, 0.3) is 0 Å². The lowest BCUT2D eigenvalue weighted by molar-refractivity contribution is 0.381. The number of hydrogen-bond acceptors (Lipinski definition) is 2. The minimum Gasteiger partial charge on any atom is -0.207 e. The van der Waals surface area contributed by atoms with E-state index in [0.29, 0.717) is 23.0 Å². The number of aryl methyl sites for hydroxylation is 1. The van der Waals surface area contributed by atoms with Gasteiger partial charge in [-0.15, -0.1) is 0 Å². The van der Waals surface area contributed by atoms with E-state index in [2.05, 4.69) is 0 Å². The Morgan fingerprint density at radius 3 is 2.24 bits per heavy atom. The van der Waals surface area contributed by atoms with Crippen molar-refractivity contribution >= 4 is 21.6 Å². The number of hydrogen-bond donors (Lipinski definition) is 0. The van der Waals surface area contributed by atoms with E-state index in [4.69, 9.17) is 11.6 Å². The maximum Gasteiger partial charge on any atom is 0.243 e. The normalized spacial score (nSPS) is 20.5. The summed E-state index contributed by atoms with van der Waals surface area (Å²) in [5.74, 6) is 0. The van der Waals surface area contributed by atoms with Crippen molar-refractivity contribution in [1.29, 1.82) is 0 Å². The molecule has 1 aliphatic carbocycles. The minimum absolute atomic E-state index is 0.342. The number of rotatable bonds is 2. The van der Waals surface area contributed by atoms with Crippen molar-refractivity contribution in [3.63, 3.8) is 0 Å². The quantitative estimate of drug-likeness (QED) is 0.773. The molecule has 3 rings (SSSR count). The summed E-state index contributed by atoms with van der Waals surface area (Å²) in [4.78, 5) is 0.342. The van der Waals surface area contributed by atoms with E-state index >= 15 is 0 Å². The number of piperidine rings is 1. The van der Waals surface area contributed by atoms with Gasteiger partial charge in [-0.3, -0.25) is 0 Å². The van der Waals surface area contributed by atoms with Gasteiger partial charge >= 0.3 is 0 Å². The van der Waals surface area contributed by atoms with Crippen LogP contribution in [0, 0.1) is 6.92 Å². The Morgan fingerprint density at radius 1 is 1.05 bits per heavy atom. The monoisotopic (exact) mass is 325 g/mol. The molecule has 1 saturated carbocycles. The van der Waals surface area contributed by atoms with Gasteiger partial charge in [0, 0.05) is 18.1 Å². The summed E-state index contributed by atoms with van der Waals surface area (Å²) >= 11 is 5.96. The predicted octanol–water partition coefficient (Wildman–Crippen LogP) is 3.91. The summed E-state index contributed by atoms with van der Waals surface area (Å²) in [5, 5.41) is 0.466. The predicted molar refractivity (Wildman–Crippen MR) is 85.1 cm³/mol. The van der Waals surface area contributed by atoms with Gasteiger partial charge in [0.25, 0.3) is 0 Å². The van der Waals surface area contributed by atoms with E-state index in [-0.39, 0.29) is 0 Å². The molecule has 2 fully saturated rings. The van der Waals surface area contributed by atoms with Crippen LogP contribution in [-0.2, 0) is 10.0 Å². The van der Waals surface area contributed by atoms with Crippen LogP contribution in [-0.4, -0.2) is 25.8 Å². The van der Waals surface area contributed by atoms with E-state index in [1.807, 2.05) is 6.92 Å². The van der Waals surface area contributed by atoms with Crippen molar-refractivity contribution in [2.75, 3.05) is 13.1 Å². The summed E-state index contributed by atoms with van der Waals surface area (Å²) in [7, 11) is -3.43. The summed E-state index contributed by atoms with van der Waals surface area (Å²) < 4.78 is 27.1. The maximum absolute atomic E-state index is 12.8. The molecule has 1 aromatic carbocycles. The summed E-state index contributed by atoms with van der Waals surface area (Å²) in [6.07, 6.45) is 5.50. The molecule has 1 aliphatic heterocycles. The molecule has 1 heterocycles. The third-order valence-corrected chi connectivity index (χ3v) is 6.83. The van der Waals surface area contributed by atoms with Crippen molar-refractivity contribution < 1.29 is 8.42 Å². The zero-order valence-corrected chi connectivity index (χ0v) is 13.8. The minimum atomic E-state index is -3.43. The van der Waals surface area contributed by atoms with Gasteiger partial charge in [0.2, 0.25) is 10.0 Å². The van der Waals surface area contributed by atoms with Crippen LogP contribution in [0.1, 0.15) is 37.7 Å². The van der Waals surface area contributed by atoms with E-state index in [1.165, 1.54) is 24.8 Å². The second-order valence-corrected chi connectivity index (χ2v) is 8.22. The molecule has 0 unspecified atom stereocenters.